The molecule has 0 aliphatic rings. The second-order valence-corrected chi connectivity index (χ2v) is 15.0. The number of para-hydroxylation sites is 4. The van der Waals surface area contributed by atoms with E-state index < -0.39 is 6.85 Å². The Morgan fingerprint density at radius 2 is 1.18 bits per heavy atom. The highest BCUT2D eigenvalue weighted by atomic mass is 16.3. The van der Waals surface area contributed by atoms with Gasteiger partial charge in [0.2, 0.25) is 0 Å². The fourth-order valence-corrected chi connectivity index (χ4v) is 8.69. The number of imidazole rings is 1. The SMILES string of the molecule is [2H]C([2H])([2H])c1ccc(-n2c(-c3ccccc3O)nc3c(-c4cc(-c5cc(-c6ccccc6)ccn5)cc5c4c4ccccc4n5-c4ccccc4)cccc32)c(-c2ccccc2)c1. The highest BCUT2D eigenvalue weighted by Crippen LogP contribution is 2.45. The smallest absolute Gasteiger partial charge is 0.149 e. The molecular formula is C55H38N4O. The summed E-state index contributed by atoms with van der Waals surface area (Å²) in [6.07, 6.45) is 1.87. The first-order valence-corrected chi connectivity index (χ1v) is 20.0. The number of aromatic hydroxyl groups is 1. The third-order valence-corrected chi connectivity index (χ3v) is 11.4. The Morgan fingerprint density at radius 1 is 0.483 bits per heavy atom. The second-order valence-electron chi connectivity index (χ2n) is 15.0. The maximum absolute atomic E-state index is 11.5. The fraction of sp³-hybridized carbons (Fsp3) is 0.0182. The molecule has 0 spiro atoms. The molecule has 60 heavy (non-hydrogen) atoms. The van der Waals surface area contributed by atoms with Gasteiger partial charge in [-0.15, -0.1) is 0 Å². The minimum atomic E-state index is -2.32. The molecule has 3 heterocycles. The van der Waals surface area contributed by atoms with E-state index in [1.165, 1.54) is 0 Å². The number of benzene rings is 8. The summed E-state index contributed by atoms with van der Waals surface area (Å²) in [4.78, 5) is 10.4. The summed E-state index contributed by atoms with van der Waals surface area (Å²) in [6, 6.07) is 66.5. The molecule has 0 atom stereocenters. The van der Waals surface area contributed by atoms with Crippen LogP contribution in [0.25, 0.3) is 100 Å². The van der Waals surface area contributed by atoms with Crippen LogP contribution in [0.15, 0.2) is 206 Å². The molecule has 8 aromatic carbocycles. The first-order valence-electron chi connectivity index (χ1n) is 21.5. The van der Waals surface area contributed by atoms with Crippen molar-refractivity contribution in [3.63, 3.8) is 0 Å². The van der Waals surface area contributed by atoms with E-state index in [9.17, 15) is 5.11 Å². The van der Waals surface area contributed by atoms with Gasteiger partial charge in [-0.2, -0.15) is 0 Å². The van der Waals surface area contributed by atoms with Gasteiger partial charge in [0, 0.05) is 43.5 Å². The third-order valence-electron chi connectivity index (χ3n) is 11.4. The maximum atomic E-state index is 11.5. The lowest BCUT2D eigenvalue weighted by Gasteiger charge is -2.16. The minimum Gasteiger partial charge on any atom is -0.507 e. The van der Waals surface area contributed by atoms with Crippen LogP contribution in [0.1, 0.15) is 9.68 Å². The average Bonchev–Trinajstić information content (AvgIpc) is 3.88. The molecule has 0 fully saturated rings. The van der Waals surface area contributed by atoms with Crippen molar-refractivity contribution in [3.8, 4) is 73.2 Å². The van der Waals surface area contributed by atoms with E-state index in [0.717, 1.165) is 88.9 Å². The summed E-state index contributed by atoms with van der Waals surface area (Å²) in [6.45, 7) is -2.32. The largest absolute Gasteiger partial charge is 0.507 e. The molecule has 1 N–H and O–H groups in total. The molecule has 0 aliphatic heterocycles. The normalized spacial score (nSPS) is 12.4. The van der Waals surface area contributed by atoms with Crippen molar-refractivity contribution in [1.29, 1.82) is 0 Å². The molecule has 3 aromatic heterocycles. The van der Waals surface area contributed by atoms with E-state index >= 15 is 0 Å². The number of aryl methyl sites for hydroxylation is 1. The topological polar surface area (TPSA) is 55.9 Å². The Kier molecular flexibility index (Phi) is 7.69. The first-order chi connectivity index (χ1) is 30.8. The summed E-state index contributed by atoms with van der Waals surface area (Å²) >= 11 is 0. The summed E-state index contributed by atoms with van der Waals surface area (Å²) < 4.78 is 29.4. The second kappa shape index (κ2) is 14.4. The molecule has 11 rings (SSSR count). The Hall–Kier alpha value is -8.02. The van der Waals surface area contributed by atoms with Crippen LogP contribution in [0.3, 0.4) is 0 Å². The van der Waals surface area contributed by atoms with E-state index in [-0.39, 0.29) is 11.3 Å². The Labute approximate surface area is 352 Å². The molecule has 0 saturated carbocycles. The van der Waals surface area contributed by atoms with Crippen molar-refractivity contribution in [2.45, 2.75) is 6.85 Å². The van der Waals surface area contributed by atoms with Crippen molar-refractivity contribution >= 4 is 32.8 Å². The number of phenols is 1. The zero-order valence-corrected chi connectivity index (χ0v) is 32.4. The van der Waals surface area contributed by atoms with Crippen LogP contribution >= 0.6 is 0 Å². The van der Waals surface area contributed by atoms with Gasteiger partial charge in [-0.1, -0.05) is 133 Å². The number of fused-ring (bicyclic) bond motifs is 4. The van der Waals surface area contributed by atoms with Crippen molar-refractivity contribution in [2.24, 2.45) is 0 Å². The van der Waals surface area contributed by atoms with Gasteiger partial charge < -0.3 is 9.67 Å². The highest BCUT2D eigenvalue weighted by Gasteiger charge is 2.25. The molecule has 0 saturated heterocycles. The van der Waals surface area contributed by atoms with Gasteiger partial charge in [0.1, 0.15) is 11.6 Å². The van der Waals surface area contributed by atoms with Crippen molar-refractivity contribution in [1.82, 2.24) is 19.1 Å². The molecular weight excluding hydrogens is 733 g/mol. The van der Waals surface area contributed by atoms with Crippen LogP contribution in [0.2, 0.25) is 0 Å². The van der Waals surface area contributed by atoms with Crippen LogP contribution in [-0.2, 0) is 0 Å². The number of pyridine rings is 1. The van der Waals surface area contributed by atoms with Crippen LogP contribution in [0, 0.1) is 6.85 Å². The lowest BCUT2D eigenvalue weighted by molar-refractivity contribution is 0.477. The van der Waals surface area contributed by atoms with Gasteiger partial charge in [-0.3, -0.25) is 9.55 Å². The quantitative estimate of drug-likeness (QED) is 0.175. The summed E-state index contributed by atoms with van der Waals surface area (Å²) in [5, 5.41) is 13.6. The molecule has 5 heteroatoms. The van der Waals surface area contributed by atoms with Gasteiger partial charge >= 0.3 is 0 Å². The highest BCUT2D eigenvalue weighted by molar-refractivity contribution is 6.19. The van der Waals surface area contributed by atoms with Gasteiger partial charge in [0.25, 0.3) is 0 Å². The zero-order chi connectivity index (χ0) is 42.7. The predicted octanol–water partition coefficient (Wildman–Crippen LogP) is 13.9. The van der Waals surface area contributed by atoms with E-state index in [4.69, 9.17) is 14.1 Å². The number of rotatable bonds is 7. The lowest BCUT2D eigenvalue weighted by atomic mass is 9.94. The van der Waals surface area contributed by atoms with E-state index in [0.29, 0.717) is 11.4 Å². The fourth-order valence-electron chi connectivity index (χ4n) is 8.69. The number of nitrogens with zero attached hydrogens (tertiary/aromatic N) is 4. The molecule has 284 valence electrons. The van der Waals surface area contributed by atoms with Gasteiger partial charge in [-0.25, -0.2) is 4.98 Å². The predicted molar refractivity (Wildman–Crippen MR) is 247 cm³/mol. The number of hydrogen-bond donors (Lipinski definition) is 1. The first kappa shape index (κ1) is 32.0. The monoisotopic (exact) mass is 773 g/mol. The summed E-state index contributed by atoms with van der Waals surface area (Å²) in [7, 11) is 0. The average molecular weight is 774 g/mol. The lowest BCUT2D eigenvalue weighted by Crippen LogP contribution is -2.01. The maximum Gasteiger partial charge on any atom is 0.149 e. The van der Waals surface area contributed by atoms with Gasteiger partial charge in [0.15, 0.2) is 0 Å². The number of phenolic OH excluding ortho intramolecular Hbond substituents is 1. The van der Waals surface area contributed by atoms with Crippen LogP contribution in [0.4, 0.5) is 0 Å². The molecule has 11 aromatic rings. The molecule has 5 nitrogen and oxygen atoms in total. The standard InChI is InChI=1S/C55H38N4O/c1-36-28-29-49(45(32-36)38-18-7-3-8-19-38)59-50-26-15-24-42(54(50)57-55(59)44-23-12-14-27-52(44)60)46-33-40(47-34-39(30-31-56-47)37-16-5-2-6-17-37)35-51-53(46)43-22-11-13-25-48(43)58(51)41-20-9-4-10-21-41/h2-35,60H,1H3/i1D3. The summed E-state index contributed by atoms with van der Waals surface area (Å²) in [5.74, 6) is 0.598. The summed E-state index contributed by atoms with van der Waals surface area (Å²) in [5.41, 5.74) is 13.5. The Bertz CT molecular complexity index is 3500. The van der Waals surface area contributed by atoms with Crippen molar-refractivity contribution in [2.75, 3.05) is 0 Å². The minimum absolute atomic E-state index is 0.0793. The van der Waals surface area contributed by atoms with Crippen molar-refractivity contribution < 1.29 is 9.22 Å². The Balaban J connectivity index is 1.25. The third kappa shape index (κ3) is 5.87. The number of aromatic nitrogens is 4. The Morgan fingerprint density at radius 3 is 1.98 bits per heavy atom. The van der Waals surface area contributed by atoms with Crippen LogP contribution in [-0.4, -0.2) is 24.2 Å². The van der Waals surface area contributed by atoms with Crippen LogP contribution < -0.4 is 0 Å². The van der Waals surface area contributed by atoms with Crippen LogP contribution in [0.5, 0.6) is 5.75 Å². The number of hydrogen-bond acceptors (Lipinski definition) is 3. The molecule has 0 radical (unpaired) electrons. The zero-order valence-electron chi connectivity index (χ0n) is 35.4. The van der Waals surface area contributed by atoms with Gasteiger partial charge in [-0.05, 0) is 102 Å². The molecule has 0 unspecified atom stereocenters. The molecule has 0 aliphatic carbocycles. The van der Waals surface area contributed by atoms with E-state index in [1.807, 2.05) is 97.2 Å². The molecule has 0 amide bonds. The van der Waals surface area contributed by atoms with E-state index in [2.05, 4.69) is 94.1 Å². The van der Waals surface area contributed by atoms with Crippen molar-refractivity contribution in [3.05, 3.63) is 212 Å². The molecule has 0 bridgehead atoms. The van der Waals surface area contributed by atoms with E-state index in [1.54, 1.807) is 24.3 Å². The van der Waals surface area contributed by atoms with Gasteiger partial charge in [0.05, 0.1) is 39.0 Å².